The number of hydrogen-bond donors (Lipinski definition) is 1. The van der Waals surface area contributed by atoms with E-state index in [1.54, 1.807) is 11.0 Å². The zero-order valence-corrected chi connectivity index (χ0v) is 18.1. The predicted molar refractivity (Wildman–Crippen MR) is 125 cm³/mol. The molecule has 164 valence electrons. The third-order valence-corrected chi connectivity index (χ3v) is 5.68. The second kappa shape index (κ2) is 8.70. The van der Waals surface area contributed by atoms with Gasteiger partial charge >= 0.3 is 0 Å². The average molecular weight is 438 g/mol. The van der Waals surface area contributed by atoms with E-state index in [9.17, 15) is 9.59 Å². The number of benzene rings is 3. The summed E-state index contributed by atoms with van der Waals surface area (Å²) in [5, 5.41) is 7.06. The summed E-state index contributed by atoms with van der Waals surface area (Å²) in [7, 11) is 0. The second-order valence-corrected chi connectivity index (χ2v) is 8.07. The van der Waals surface area contributed by atoms with Crippen LogP contribution in [0.3, 0.4) is 0 Å². The molecule has 1 fully saturated rings. The fourth-order valence-electron chi connectivity index (χ4n) is 3.99. The van der Waals surface area contributed by atoms with Crippen LogP contribution in [0.4, 0.5) is 11.4 Å². The molecule has 4 aromatic rings. The lowest BCUT2D eigenvalue weighted by Crippen LogP contribution is -2.28. The number of hydrogen-bond acceptors (Lipinski definition) is 5. The average Bonchev–Trinajstić information content (AvgIpc) is 3.47. The van der Waals surface area contributed by atoms with E-state index in [0.717, 1.165) is 16.8 Å². The number of rotatable bonds is 5. The third-order valence-electron chi connectivity index (χ3n) is 5.68. The fourth-order valence-corrected chi connectivity index (χ4v) is 3.99. The molecule has 0 bridgehead atoms. The van der Waals surface area contributed by atoms with Crippen molar-refractivity contribution in [3.63, 3.8) is 0 Å². The van der Waals surface area contributed by atoms with Crippen LogP contribution >= 0.6 is 0 Å². The largest absolute Gasteiger partial charge is 0.334 e. The van der Waals surface area contributed by atoms with Gasteiger partial charge in [0, 0.05) is 24.2 Å². The van der Waals surface area contributed by atoms with Gasteiger partial charge in [0.2, 0.25) is 17.6 Å². The predicted octanol–water partition coefficient (Wildman–Crippen LogP) is 4.70. The van der Waals surface area contributed by atoms with Crippen LogP contribution in [0.15, 0.2) is 83.4 Å². The van der Waals surface area contributed by atoms with Gasteiger partial charge in [0.25, 0.3) is 5.89 Å². The molecular formula is C26H22N4O3. The molecule has 1 atom stereocenters. The third kappa shape index (κ3) is 4.25. The highest BCUT2D eigenvalue weighted by atomic mass is 16.5. The lowest BCUT2D eigenvalue weighted by atomic mass is 10.1. The van der Waals surface area contributed by atoms with Gasteiger partial charge in [-0.3, -0.25) is 9.59 Å². The van der Waals surface area contributed by atoms with Crippen LogP contribution < -0.4 is 10.2 Å². The van der Waals surface area contributed by atoms with Crippen LogP contribution in [-0.2, 0) is 9.59 Å². The molecule has 1 aliphatic heterocycles. The van der Waals surface area contributed by atoms with Crippen molar-refractivity contribution in [3.05, 3.63) is 84.4 Å². The smallest absolute Gasteiger partial charge is 0.260 e. The Morgan fingerprint density at radius 2 is 1.82 bits per heavy atom. The van der Waals surface area contributed by atoms with E-state index in [2.05, 4.69) is 15.5 Å². The van der Waals surface area contributed by atoms with Crippen molar-refractivity contribution < 1.29 is 14.1 Å². The summed E-state index contributed by atoms with van der Waals surface area (Å²) >= 11 is 0. The van der Waals surface area contributed by atoms with Gasteiger partial charge in [0.15, 0.2) is 0 Å². The highest BCUT2D eigenvalue weighted by Gasteiger charge is 2.35. The Balaban J connectivity index is 1.35. The molecule has 1 aliphatic rings. The van der Waals surface area contributed by atoms with Gasteiger partial charge in [0.05, 0.1) is 17.2 Å². The number of nitrogens with zero attached hydrogens (tertiary/aromatic N) is 3. The van der Waals surface area contributed by atoms with E-state index < -0.39 is 5.92 Å². The number of carbonyl (C=O) groups excluding carboxylic acids is 2. The van der Waals surface area contributed by atoms with Crippen molar-refractivity contribution in [3.8, 4) is 22.8 Å². The topological polar surface area (TPSA) is 88.3 Å². The molecule has 1 saturated heterocycles. The normalized spacial score (nSPS) is 15.6. The summed E-state index contributed by atoms with van der Waals surface area (Å²) < 4.78 is 5.51. The number of aryl methyl sites for hydroxylation is 1. The van der Waals surface area contributed by atoms with Crippen LogP contribution in [0.2, 0.25) is 0 Å². The minimum atomic E-state index is -0.448. The van der Waals surface area contributed by atoms with E-state index >= 15 is 0 Å². The molecule has 7 nitrogen and oxygen atoms in total. The van der Waals surface area contributed by atoms with E-state index in [0.29, 0.717) is 29.5 Å². The summed E-state index contributed by atoms with van der Waals surface area (Å²) in [5.41, 5.74) is 3.95. The van der Waals surface area contributed by atoms with Gasteiger partial charge in [0.1, 0.15) is 0 Å². The summed E-state index contributed by atoms with van der Waals surface area (Å²) in [4.78, 5) is 31.7. The van der Waals surface area contributed by atoms with E-state index in [-0.39, 0.29) is 18.2 Å². The first-order valence-electron chi connectivity index (χ1n) is 10.7. The van der Waals surface area contributed by atoms with Crippen LogP contribution in [0.1, 0.15) is 12.0 Å². The van der Waals surface area contributed by atoms with Gasteiger partial charge in [-0.15, -0.1) is 0 Å². The van der Waals surface area contributed by atoms with E-state index in [1.807, 2.05) is 79.7 Å². The first kappa shape index (κ1) is 20.6. The monoisotopic (exact) mass is 438 g/mol. The Labute approximate surface area is 191 Å². The van der Waals surface area contributed by atoms with Gasteiger partial charge in [-0.05, 0) is 37.3 Å². The minimum absolute atomic E-state index is 0.0608. The van der Waals surface area contributed by atoms with Gasteiger partial charge in [-0.25, -0.2) is 0 Å². The quantitative estimate of drug-likeness (QED) is 0.488. The van der Waals surface area contributed by atoms with Gasteiger partial charge in [-0.1, -0.05) is 59.3 Å². The molecule has 1 aromatic heterocycles. The van der Waals surface area contributed by atoms with Crippen molar-refractivity contribution in [2.45, 2.75) is 13.3 Å². The number of anilines is 2. The molecule has 33 heavy (non-hydrogen) atoms. The zero-order chi connectivity index (χ0) is 22.8. The maximum Gasteiger partial charge on any atom is 0.260 e. The molecule has 2 heterocycles. The van der Waals surface area contributed by atoms with E-state index in [4.69, 9.17) is 4.52 Å². The van der Waals surface area contributed by atoms with Crippen molar-refractivity contribution in [2.75, 3.05) is 16.8 Å². The van der Waals surface area contributed by atoms with Gasteiger partial charge in [-0.2, -0.15) is 4.98 Å². The molecule has 0 radical (unpaired) electrons. The van der Waals surface area contributed by atoms with Gasteiger partial charge < -0.3 is 14.7 Å². The molecule has 1 unspecified atom stereocenters. The lowest BCUT2D eigenvalue weighted by Gasteiger charge is -2.16. The molecule has 0 aliphatic carbocycles. The number of carbonyl (C=O) groups is 2. The number of nitrogens with one attached hydrogen (secondary N) is 1. The summed E-state index contributed by atoms with van der Waals surface area (Å²) in [5.74, 6) is 0.0730. The Kier molecular flexibility index (Phi) is 5.44. The summed E-state index contributed by atoms with van der Waals surface area (Å²) in [6.45, 7) is 2.34. The molecule has 3 aromatic carbocycles. The molecule has 1 N–H and O–H groups in total. The molecule has 7 heteroatoms. The Hall–Kier alpha value is -4.26. The molecule has 5 rings (SSSR count). The standard InChI is InChI=1S/C26H22N4O3/c1-17-8-7-9-18(14-17)24-28-26(33-29-24)21-12-5-6-13-22(21)27-25(32)19-15-23(31)30(16-19)20-10-3-2-4-11-20/h2-14,19H,15-16H2,1H3,(H,27,32). The zero-order valence-electron chi connectivity index (χ0n) is 18.1. The lowest BCUT2D eigenvalue weighted by molar-refractivity contribution is -0.122. The van der Waals surface area contributed by atoms with Crippen LogP contribution in [0, 0.1) is 12.8 Å². The highest BCUT2D eigenvalue weighted by Crippen LogP contribution is 2.31. The molecule has 0 saturated carbocycles. The highest BCUT2D eigenvalue weighted by molar-refractivity contribution is 6.04. The van der Waals surface area contributed by atoms with Crippen LogP contribution in [-0.4, -0.2) is 28.5 Å². The van der Waals surface area contributed by atoms with Crippen LogP contribution in [0.25, 0.3) is 22.8 Å². The Morgan fingerprint density at radius 1 is 1.03 bits per heavy atom. The van der Waals surface area contributed by atoms with Crippen molar-refractivity contribution in [1.82, 2.24) is 10.1 Å². The molecule has 2 amide bonds. The maximum absolute atomic E-state index is 13.0. The van der Waals surface area contributed by atoms with Crippen molar-refractivity contribution in [2.24, 2.45) is 5.92 Å². The number of amides is 2. The summed E-state index contributed by atoms with van der Waals surface area (Å²) in [6.07, 6.45) is 0.168. The SMILES string of the molecule is Cc1cccc(-c2noc(-c3ccccc3NC(=O)C3CC(=O)N(c4ccccc4)C3)n2)c1. The fraction of sp³-hybridized carbons (Fsp3) is 0.154. The first-order valence-corrected chi connectivity index (χ1v) is 10.7. The Bertz CT molecular complexity index is 1320. The maximum atomic E-state index is 13.0. The second-order valence-electron chi connectivity index (χ2n) is 8.07. The van der Waals surface area contributed by atoms with E-state index in [1.165, 1.54) is 0 Å². The first-order chi connectivity index (χ1) is 16.1. The number of para-hydroxylation sites is 2. The number of aromatic nitrogens is 2. The molecular weight excluding hydrogens is 416 g/mol. The minimum Gasteiger partial charge on any atom is -0.334 e. The summed E-state index contributed by atoms with van der Waals surface area (Å²) in [6, 6.07) is 24.5. The van der Waals surface area contributed by atoms with Crippen LogP contribution in [0.5, 0.6) is 0 Å². The van der Waals surface area contributed by atoms with Crippen molar-refractivity contribution >= 4 is 23.2 Å². The molecule has 0 spiro atoms. The van der Waals surface area contributed by atoms with Crippen molar-refractivity contribution in [1.29, 1.82) is 0 Å². The Morgan fingerprint density at radius 3 is 2.64 bits per heavy atom.